The number of aromatic nitrogens is 3. The molecule has 0 saturated heterocycles. The van der Waals surface area contributed by atoms with E-state index >= 15 is 0 Å². The maximum absolute atomic E-state index is 4.14. The van der Waals surface area contributed by atoms with Gasteiger partial charge in [0.2, 0.25) is 0 Å². The summed E-state index contributed by atoms with van der Waals surface area (Å²) in [6.07, 6.45) is 0. The SMILES string of the molecule is Cc1nnc(CN[C@@H](C)c2ccccc2Br)n1C. The van der Waals surface area contributed by atoms with Gasteiger partial charge in [-0.15, -0.1) is 10.2 Å². The van der Waals surface area contributed by atoms with Gasteiger partial charge in [-0.05, 0) is 25.5 Å². The Bertz CT molecular complexity index is 536. The smallest absolute Gasteiger partial charge is 0.146 e. The van der Waals surface area contributed by atoms with Crippen LogP contribution in [0.15, 0.2) is 28.7 Å². The molecule has 0 spiro atoms. The van der Waals surface area contributed by atoms with Gasteiger partial charge in [0.15, 0.2) is 0 Å². The molecule has 0 radical (unpaired) electrons. The Labute approximate surface area is 116 Å². The Hall–Kier alpha value is -1.20. The summed E-state index contributed by atoms with van der Waals surface area (Å²) in [4.78, 5) is 0. The van der Waals surface area contributed by atoms with E-state index in [1.807, 2.05) is 30.7 Å². The second kappa shape index (κ2) is 5.63. The van der Waals surface area contributed by atoms with E-state index in [1.165, 1.54) is 5.56 Å². The van der Waals surface area contributed by atoms with Crippen molar-refractivity contribution >= 4 is 15.9 Å². The third-order valence-corrected chi connectivity index (χ3v) is 3.84. The molecule has 0 saturated carbocycles. The minimum atomic E-state index is 0.262. The molecule has 0 unspecified atom stereocenters. The van der Waals surface area contributed by atoms with Crippen LogP contribution >= 0.6 is 15.9 Å². The van der Waals surface area contributed by atoms with Crippen LogP contribution in [0, 0.1) is 6.92 Å². The highest BCUT2D eigenvalue weighted by Gasteiger charge is 2.10. The summed E-state index contributed by atoms with van der Waals surface area (Å²) >= 11 is 3.57. The minimum Gasteiger partial charge on any atom is -0.317 e. The second-order valence-corrected chi connectivity index (χ2v) is 5.20. The van der Waals surface area contributed by atoms with Crippen LogP contribution < -0.4 is 5.32 Å². The Balaban J connectivity index is 2.03. The van der Waals surface area contributed by atoms with Crippen LogP contribution in [-0.2, 0) is 13.6 Å². The predicted octanol–water partition coefficient (Wildman–Crippen LogP) is 2.74. The monoisotopic (exact) mass is 308 g/mol. The first-order valence-electron chi connectivity index (χ1n) is 5.92. The Morgan fingerprint density at radius 3 is 2.67 bits per heavy atom. The molecule has 1 atom stereocenters. The minimum absolute atomic E-state index is 0.262. The van der Waals surface area contributed by atoms with Crippen LogP contribution in [0.5, 0.6) is 0 Å². The van der Waals surface area contributed by atoms with Crippen molar-refractivity contribution in [1.82, 2.24) is 20.1 Å². The van der Waals surface area contributed by atoms with Crippen molar-refractivity contribution in [3.63, 3.8) is 0 Å². The molecule has 2 aromatic rings. The molecule has 18 heavy (non-hydrogen) atoms. The molecular formula is C13H17BrN4. The molecule has 96 valence electrons. The molecule has 1 aromatic heterocycles. The van der Waals surface area contributed by atoms with Crippen molar-refractivity contribution in [3.8, 4) is 0 Å². The highest BCUT2D eigenvalue weighted by atomic mass is 79.9. The van der Waals surface area contributed by atoms with E-state index in [9.17, 15) is 0 Å². The van der Waals surface area contributed by atoms with E-state index in [1.54, 1.807) is 0 Å². The first-order valence-corrected chi connectivity index (χ1v) is 6.71. The Morgan fingerprint density at radius 2 is 2.06 bits per heavy atom. The van der Waals surface area contributed by atoms with Gasteiger partial charge in [0.25, 0.3) is 0 Å². The predicted molar refractivity (Wildman–Crippen MR) is 75.1 cm³/mol. The zero-order chi connectivity index (χ0) is 13.1. The molecule has 1 N–H and O–H groups in total. The lowest BCUT2D eigenvalue weighted by atomic mass is 10.1. The van der Waals surface area contributed by atoms with E-state index in [0.717, 1.165) is 16.1 Å². The number of nitrogens with one attached hydrogen (secondary N) is 1. The number of benzene rings is 1. The molecule has 0 fully saturated rings. The maximum atomic E-state index is 4.14. The van der Waals surface area contributed by atoms with E-state index in [2.05, 4.69) is 50.5 Å². The van der Waals surface area contributed by atoms with Crippen molar-refractivity contribution in [3.05, 3.63) is 46.0 Å². The number of hydrogen-bond donors (Lipinski definition) is 1. The molecule has 1 aromatic carbocycles. The third kappa shape index (κ3) is 2.79. The summed E-state index contributed by atoms with van der Waals surface area (Å²) in [7, 11) is 1.98. The number of nitrogens with zero attached hydrogens (tertiary/aromatic N) is 3. The van der Waals surface area contributed by atoms with Gasteiger partial charge in [0.05, 0.1) is 6.54 Å². The topological polar surface area (TPSA) is 42.7 Å². The highest BCUT2D eigenvalue weighted by molar-refractivity contribution is 9.10. The molecule has 0 aliphatic carbocycles. The van der Waals surface area contributed by atoms with Crippen LogP contribution in [-0.4, -0.2) is 14.8 Å². The number of rotatable bonds is 4. The normalized spacial score (nSPS) is 12.7. The first-order chi connectivity index (χ1) is 8.59. The second-order valence-electron chi connectivity index (χ2n) is 4.35. The maximum Gasteiger partial charge on any atom is 0.146 e. The lowest BCUT2D eigenvalue weighted by Crippen LogP contribution is -2.20. The fourth-order valence-corrected chi connectivity index (χ4v) is 2.41. The fourth-order valence-electron chi connectivity index (χ4n) is 1.79. The van der Waals surface area contributed by atoms with Gasteiger partial charge in [-0.25, -0.2) is 0 Å². The fraction of sp³-hybridized carbons (Fsp3) is 0.385. The molecule has 2 rings (SSSR count). The van der Waals surface area contributed by atoms with Gasteiger partial charge in [-0.2, -0.15) is 0 Å². The quantitative estimate of drug-likeness (QED) is 0.944. The number of halogens is 1. The van der Waals surface area contributed by atoms with E-state index < -0.39 is 0 Å². The van der Waals surface area contributed by atoms with Crippen LogP contribution in [0.3, 0.4) is 0 Å². The van der Waals surface area contributed by atoms with Crippen LogP contribution in [0.1, 0.15) is 30.2 Å². The van der Waals surface area contributed by atoms with Gasteiger partial charge < -0.3 is 9.88 Å². The third-order valence-electron chi connectivity index (χ3n) is 3.12. The number of hydrogen-bond acceptors (Lipinski definition) is 3. The molecule has 0 aliphatic heterocycles. The van der Waals surface area contributed by atoms with Crippen molar-refractivity contribution in [2.75, 3.05) is 0 Å². The summed E-state index contributed by atoms with van der Waals surface area (Å²) < 4.78 is 3.12. The average molecular weight is 309 g/mol. The molecule has 4 nitrogen and oxygen atoms in total. The molecule has 0 bridgehead atoms. The summed E-state index contributed by atoms with van der Waals surface area (Å²) in [6.45, 7) is 4.80. The van der Waals surface area contributed by atoms with Crippen LogP contribution in [0.4, 0.5) is 0 Å². The van der Waals surface area contributed by atoms with Gasteiger partial charge in [0, 0.05) is 17.6 Å². The van der Waals surface area contributed by atoms with Gasteiger partial charge in [-0.3, -0.25) is 0 Å². The van der Waals surface area contributed by atoms with E-state index in [-0.39, 0.29) is 6.04 Å². The van der Waals surface area contributed by atoms with Crippen LogP contribution in [0.2, 0.25) is 0 Å². The van der Waals surface area contributed by atoms with Crippen molar-refractivity contribution < 1.29 is 0 Å². The van der Waals surface area contributed by atoms with Gasteiger partial charge in [-0.1, -0.05) is 34.1 Å². The molecule has 0 aliphatic rings. The Kier molecular flexibility index (Phi) is 4.14. The zero-order valence-electron chi connectivity index (χ0n) is 10.8. The summed E-state index contributed by atoms with van der Waals surface area (Å²) in [6, 6.07) is 8.50. The average Bonchev–Trinajstić information content (AvgIpc) is 2.68. The highest BCUT2D eigenvalue weighted by Crippen LogP contribution is 2.22. The van der Waals surface area contributed by atoms with Crippen molar-refractivity contribution in [2.45, 2.75) is 26.4 Å². The van der Waals surface area contributed by atoms with Gasteiger partial charge in [0.1, 0.15) is 11.6 Å². The first kappa shape index (κ1) is 13.2. The van der Waals surface area contributed by atoms with Crippen molar-refractivity contribution in [2.24, 2.45) is 7.05 Å². The Morgan fingerprint density at radius 1 is 1.33 bits per heavy atom. The molecule has 1 heterocycles. The van der Waals surface area contributed by atoms with Crippen molar-refractivity contribution in [1.29, 1.82) is 0 Å². The van der Waals surface area contributed by atoms with E-state index in [0.29, 0.717) is 6.54 Å². The van der Waals surface area contributed by atoms with Crippen LogP contribution in [0.25, 0.3) is 0 Å². The molecule has 0 amide bonds. The lowest BCUT2D eigenvalue weighted by Gasteiger charge is -2.15. The summed E-state index contributed by atoms with van der Waals surface area (Å²) in [5, 5.41) is 11.6. The standard InChI is InChI=1S/C13H17BrN4/c1-9(11-6-4-5-7-12(11)14)15-8-13-17-16-10(2)18(13)3/h4-7,9,15H,8H2,1-3H3/t9-/m0/s1. The lowest BCUT2D eigenvalue weighted by molar-refractivity contribution is 0.546. The molecular weight excluding hydrogens is 292 g/mol. The van der Waals surface area contributed by atoms with Gasteiger partial charge >= 0.3 is 0 Å². The zero-order valence-corrected chi connectivity index (χ0v) is 12.4. The summed E-state index contributed by atoms with van der Waals surface area (Å²) in [5.41, 5.74) is 1.25. The largest absolute Gasteiger partial charge is 0.317 e. The van der Waals surface area contributed by atoms with E-state index in [4.69, 9.17) is 0 Å². The number of aryl methyl sites for hydroxylation is 1. The molecule has 5 heteroatoms. The summed E-state index contributed by atoms with van der Waals surface area (Å²) in [5.74, 6) is 1.88.